The van der Waals surface area contributed by atoms with E-state index in [2.05, 4.69) is 5.32 Å². The molecule has 2 aromatic rings. The first-order valence-electron chi connectivity index (χ1n) is 10.3. The van der Waals surface area contributed by atoms with Crippen molar-refractivity contribution < 1.29 is 9.59 Å². The van der Waals surface area contributed by atoms with Crippen LogP contribution in [-0.2, 0) is 9.59 Å². The number of hydrogen-bond acceptors (Lipinski definition) is 3. The van der Waals surface area contributed by atoms with Crippen LogP contribution < -0.4 is 5.32 Å². The second kappa shape index (κ2) is 8.83. The third-order valence-electron chi connectivity index (χ3n) is 5.83. The van der Waals surface area contributed by atoms with Crippen molar-refractivity contribution in [2.24, 2.45) is 0 Å². The molecule has 0 radical (unpaired) electrons. The van der Waals surface area contributed by atoms with Gasteiger partial charge >= 0.3 is 0 Å². The average molecular weight is 443 g/mol. The molecular formula is C24H24Cl2N2O2. The van der Waals surface area contributed by atoms with Crippen molar-refractivity contribution in [1.29, 1.82) is 0 Å². The molecule has 30 heavy (non-hydrogen) atoms. The second-order valence-corrected chi connectivity index (χ2v) is 8.91. The number of imide groups is 1. The van der Waals surface area contributed by atoms with Crippen molar-refractivity contribution in [1.82, 2.24) is 4.90 Å². The molecule has 1 heterocycles. The molecule has 156 valence electrons. The van der Waals surface area contributed by atoms with Gasteiger partial charge in [0.2, 0.25) is 5.91 Å². The van der Waals surface area contributed by atoms with E-state index in [4.69, 9.17) is 23.2 Å². The van der Waals surface area contributed by atoms with Crippen LogP contribution in [0.5, 0.6) is 0 Å². The van der Waals surface area contributed by atoms with Gasteiger partial charge in [-0.1, -0.05) is 78.9 Å². The van der Waals surface area contributed by atoms with E-state index in [0.29, 0.717) is 15.7 Å². The molecule has 1 aliphatic heterocycles. The van der Waals surface area contributed by atoms with Gasteiger partial charge < -0.3 is 5.32 Å². The van der Waals surface area contributed by atoms with Gasteiger partial charge in [0.15, 0.2) is 0 Å². The van der Waals surface area contributed by atoms with Crippen molar-refractivity contribution in [2.75, 3.05) is 5.32 Å². The van der Waals surface area contributed by atoms with Gasteiger partial charge in [0.05, 0.1) is 6.42 Å². The Balaban J connectivity index is 1.70. The van der Waals surface area contributed by atoms with Gasteiger partial charge in [0.25, 0.3) is 5.91 Å². The Kier molecular flexibility index (Phi) is 6.16. The molecule has 2 amide bonds. The average Bonchev–Trinajstić information content (AvgIpc) is 2.97. The molecule has 1 N–H and O–H groups in total. The normalized spacial score (nSPS) is 22.8. The molecule has 4 rings (SSSR count). The Hall–Kier alpha value is -2.30. The number of carbonyl (C=O) groups is 2. The highest BCUT2D eigenvalue weighted by Crippen LogP contribution is 2.36. The number of benzene rings is 2. The number of likely N-dealkylation sites (tertiary alicyclic amines) is 1. The van der Waals surface area contributed by atoms with E-state index in [1.165, 1.54) is 4.90 Å². The van der Waals surface area contributed by atoms with Crippen LogP contribution in [0, 0.1) is 0 Å². The zero-order valence-electron chi connectivity index (χ0n) is 16.6. The van der Waals surface area contributed by atoms with E-state index in [1.54, 1.807) is 24.3 Å². The summed E-state index contributed by atoms with van der Waals surface area (Å²) < 4.78 is 0. The molecule has 2 aliphatic rings. The molecule has 0 bridgehead atoms. The van der Waals surface area contributed by atoms with Crippen LogP contribution in [0.25, 0.3) is 6.08 Å². The van der Waals surface area contributed by atoms with Crippen LogP contribution in [-0.4, -0.2) is 28.3 Å². The van der Waals surface area contributed by atoms with E-state index in [0.717, 1.165) is 37.7 Å². The Bertz CT molecular complexity index is 950. The summed E-state index contributed by atoms with van der Waals surface area (Å²) in [4.78, 5) is 28.2. The third-order valence-corrected chi connectivity index (χ3v) is 6.27. The minimum atomic E-state index is -1.17. The predicted octanol–water partition coefficient (Wildman–Crippen LogP) is 5.95. The summed E-state index contributed by atoms with van der Waals surface area (Å²) in [6.45, 7) is 0. The lowest BCUT2D eigenvalue weighted by molar-refractivity contribution is -0.142. The van der Waals surface area contributed by atoms with Crippen molar-refractivity contribution in [2.45, 2.75) is 50.1 Å². The molecular weight excluding hydrogens is 419 g/mol. The maximum atomic E-state index is 13.7. The number of amides is 2. The van der Waals surface area contributed by atoms with Crippen LogP contribution >= 0.6 is 23.2 Å². The lowest BCUT2D eigenvalue weighted by Crippen LogP contribution is -2.48. The molecule has 1 atom stereocenters. The number of nitrogens with zero attached hydrogens (tertiary/aromatic N) is 1. The lowest BCUT2D eigenvalue weighted by Gasteiger charge is -2.32. The minimum Gasteiger partial charge on any atom is -0.368 e. The molecule has 0 spiro atoms. The summed E-state index contributed by atoms with van der Waals surface area (Å²) in [6.07, 6.45) is 8.76. The molecule has 2 aromatic carbocycles. The topological polar surface area (TPSA) is 49.4 Å². The van der Waals surface area contributed by atoms with Gasteiger partial charge in [-0.15, -0.1) is 0 Å². The van der Waals surface area contributed by atoms with Crippen LogP contribution in [0.3, 0.4) is 0 Å². The third kappa shape index (κ3) is 4.40. The number of nitrogens with one attached hydrogen (secondary N) is 1. The van der Waals surface area contributed by atoms with Gasteiger partial charge in [-0.25, -0.2) is 0 Å². The standard InChI is InChI=1S/C24H24Cl2N2O2/c25-18-13-19(26)15-20(14-18)27-24(12-11-17-7-3-1-4-8-17)16-22(29)28(23(24)30)21-9-5-2-6-10-21/h1,3-4,7-8,11-15,21,27H,2,5-6,9-10,16H2/b12-11+. The van der Waals surface area contributed by atoms with Crippen LogP contribution in [0.1, 0.15) is 44.1 Å². The summed E-state index contributed by atoms with van der Waals surface area (Å²) in [7, 11) is 0. The first-order chi connectivity index (χ1) is 14.5. The SMILES string of the molecule is O=C1CC(/C=C/c2ccccc2)(Nc2cc(Cl)cc(Cl)c2)C(=O)N1C1CCCCC1. The number of carbonyl (C=O) groups excluding carboxylic acids is 2. The van der Waals surface area contributed by atoms with E-state index in [-0.39, 0.29) is 24.3 Å². The molecule has 4 nitrogen and oxygen atoms in total. The van der Waals surface area contributed by atoms with Gasteiger partial charge in [-0.2, -0.15) is 0 Å². The van der Waals surface area contributed by atoms with Gasteiger partial charge in [0, 0.05) is 21.8 Å². The molecule has 1 unspecified atom stereocenters. The Morgan fingerprint density at radius 2 is 1.63 bits per heavy atom. The zero-order chi connectivity index (χ0) is 21.1. The van der Waals surface area contributed by atoms with E-state index >= 15 is 0 Å². The fraction of sp³-hybridized carbons (Fsp3) is 0.333. The van der Waals surface area contributed by atoms with E-state index < -0.39 is 5.54 Å². The Morgan fingerprint density at radius 3 is 2.30 bits per heavy atom. The highest BCUT2D eigenvalue weighted by molar-refractivity contribution is 6.35. The highest BCUT2D eigenvalue weighted by Gasteiger charge is 2.52. The zero-order valence-corrected chi connectivity index (χ0v) is 18.1. The van der Waals surface area contributed by atoms with Crippen molar-refractivity contribution in [3.8, 4) is 0 Å². The maximum Gasteiger partial charge on any atom is 0.259 e. The van der Waals surface area contributed by atoms with Gasteiger partial charge in [0.1, 0.15) is 5.54 Å². The number of anilines is 1. The van der Waals surface area contributed by atoms with Gasteiger partial charge in [-0.3, -0.25) is 14.5 Å². The summed E-state index contributed by atoms with van der Waals surface area (Å²) in [5.41, 5.74) is 0.397. The lowest BCUT2D eigenvalue weighted by atomic mass is 9.93. The van der Waals surface area contributed by atoms with Crippen LogP contribution in [0.15, 0.2) is 54.6 Å². The fourth-order valence-corrected chi connectivity index (χ4v) is 4.92. The summed E-state index contributed by atoms with van der Waals surface area (Å²) >= 11 is 12.3. The van der Waals surface area contributed by atoms with E-state index in [9.17, 15) is 9.59 Å². The summed E-state index contributed by atoms with van der Waals surface area (Å²) in [6, 6.07) is 14.8. The summed E-state index contributed by atoms with van der Waals surface area (Å²) in [5, 5.41) is 4.22. The molecule has 1 saturated carbocycles. The first kappa shape index (κ1) is 21.0. The molecule has 6 heteroatoms. The maximum absolute atomic E-state index is 13.7. The molecule has 1 saturated heterocycles. The minimum absolute atomic E-state index is 0.0181. The number of halogens is 2. The fourth-order valence-electron chi connectivity index (χ4n) is 4.39. The van der Waals surface area contributed by atoms with Crippen molar-refractivity contribution in [3.05, 3.63) is 70.2 Å². The molecule has 0 aromatic heterocycles. The quantitative estimate of drug-likeness (QED) is 0.581. The Morgan fingerprint density at radius 1 is 0.967 bits per heavy atom. The monoisotopic (exact) mass is 442 g/mol. The van der Waals surface area contributed by atoms with E-state index in [1.807, 2.05) is 36.4 Å². The second-order valence-electron chi connectivity index (χ2n) is 8.04. The van der Waals surface area contributed by atoms with Crippen LogP contribution in [0.4, 0.5) is 5.69 Å². The van der Waals surface area contributed by atoms with Crippen molar-refractivity contribution >= 4 is 46.8 Å². The van der Waals surface area contributed by atoms with Crippen molar-refractivity contribution in [3.63, 3.8) is 0 Å². The predicted molar refractivity (Wildman–Crippen MR) is 122 cm³/mol. The number of hydrogen-bond donors (Lipinski definition) is 1. The highest BCUT2D eigenvalue weighted by atomic mass is 35.5. The Labute approximate surface area is 186 Å². The van der Waals surface area contributed by atoms with Gasteiger partial charge in [-0.05, 0) is 42.7 Å². The molecule has 1 aliphatic carbocycles. The largest absolute Gasteiger partial charge is 0.368 e. The first-order valence-corrected chi connectivity index (χ1v) is 11.1. The number of rotatable bonds is 5. The van der Waals surface area contributed by atoms with Crippen LogP contribution in [0.2, 0.25) is 10.0 Å². The smallest absolute Gasteiger partial charge is 0.259 e. The summed E-state index contributed by atoms with van der Waals surface area (Å²) in [5.74, 6) is -0.340. The molecule has 2 fully saturated rings.